The summed E-state index contributed by atoms with van der Waals surface area (Å²) >= 11 is 5.77. The summed E-state index contributed by atoms with van der Waals surface area (Å²) in [6.45, 7) is 2.70. The van der Waals surface area contributed by atoms with Crippen molar-refractivity contribution < 1.29 is 9.66 Å². The molecule has 0 atom stereocenters. The average Bonchev–Trinajstić information content (AvgIpc) is 2.09. The SMILES string of the molecule is Cc1cc(Cl)nc(NC2COC2)c1[N+](=O)[O-]. The fourth-order valence-corrected chi connectivity index (χ4v) is 1.72. The lowest BCUT2D eigenvalue weighted by Gasteiger charge is -2.27. The van der Waals surface area contributed by atoms with E-state index in [1.807, 2.05) is 0 Å². The highest BCUT2D eigenvalue weighted by molar-refractivity contribution is 6.29. The van der Waals surface area contributed by atoms with Crippen molar-refractivity contribution in [1.82, 2.24) is 4.98 Å². The number of nitrogens with zero attached hydrogens (tertiary/aromatic N) is 2. The van der Waals surface area contributed by atoms with Gasteiger partial charge in [0.15, 0.2) is 0 Å². The second-order valence-electron chi connectivity index (χ2n) is 3.59. The Balaban J connectivity index is 2.35. The monoisotopic (exact) mass is 243 g/mol. The van der Waals surface area contributed by atoms with Crippen molar-refractivity contribution in [3.05, 3.63) is 26.9 Å². The van der Waals surface area contributed by atoms with Crippen LogP contribution in [0.2, 0.25) is 5.15 Å². The summed E-state index contributed by atoms with van der Waals surface area (Å²) in [6, 6.07) is 1.55. The molecule has 7 heteroatoms. The van der Waals surface area contributed by atoms with E-state index in [0.717, 1.165) is 0 Å². The highest BCUT2D eigenvalue weighted by Crippen LogP contribution is 2.29. The molecule has 0 radical (unpaired) electrons. The quantitative estimate of drug-likeness (QED) is 0.497. The molecule has 1 fully saturated rings. The molecule has 86 valence electrons. The van der Waals surface area contributed by atoms with Crippen molar-refractivity contribution in [2.75, 3.05) is 18.5 Å². The van der Waals surface area contributed by atoms with E-state index in [4.69, 9.17) is 16.3 Å². The second-order valence-corrected chi connectivity index (χ2v) is 3.98. The summed E-state index contributed by atoms with van der Waals surface area (Å²) in [5.41, 5.74) is 0.462. The number of hydrogen-bond donors (Lipinski definition) is 1. The maximum atomic E-state index is 10.9. The van der Waals surface area contributed by atoms with E-state index in [1.54, 1.807) is 6.92 Å². The van der Waals surface area contributed by atoms with Crippen LogP contribution in [0.3, 0.4) is 0 Å². The Labute approximate surface area is 96.7 Å². The van der Waals surface area contributed by atoms with E-state index in [9.17, 15) is 10.1 Å². The minimum absolute atomic E-state index is 0.0312. The van der Waals surface area contributed by atoms with Crippen molar-refractivity contribution in [1.29, 1.82) is 0 Å². The Hall–Kier alpha value is -1.40. The Kier molecular flexibility index (Phi) is 2.93. The van der Waals surface area contributed by atoms with Crippen LogP contribution in [0.25, 0.3) is 0 Å². The minimum atomic E-state index is -0.458. The van der Waals surface area contributed by atoms with Crippen LogP contribution in [0.15, 0.2) is 6.07 Å². The third kappa shape index (κ3) is 2.07. The van der Waals surface area contributed by atoms with Crippen LogP contribution in [0.5, 0.6) is 0 Å². The van der Waals surface area contributed by atoms with Gasteiger partial charge >= 0.3 is 5.69 Å². The highest BCUT2D eigenvalue weighted by atomic mass is 35.5. The molecule has 1 aromatic rings. The molecule has 0 bridgehead atoms. The Morgan fingerprint density at radius 1 is 1.69 bits per heavy atom. The van der Waals surface area contributed by atoms with E-state index in [0.29, 0.717) is 18.8 Å². The van der Waals surface area contributed by atoms with Crippen LogP contribution in [-0.4, -0.2) is 29.2 Å². The van der Waals surface area contributed by atoms with Crippen molar-refractivity contribution in [3.8, 4) is 0 Å². The minimum Gasteiger partial charge on any atom is -0.377 e. The van der Waals surface area contributed by atoms with Crippen molar-refractivity contribution >= 4 is 23.1 Å². The molecule has 2 heterocycles. The first-order valence-corrected chi connectivity index (χ1v) is 5.11. The summed E-state index contributed by atoms with van der Waals surface area (Å²) in [7, 11) is 0. The molecule has 16 heavy (non-hydrogen) atoms. The van der Waals surface area contributed by atoms with Gasteiger partial charge in [0.1, 0.15) is 5.15 Å². The smallest absolute Gasteiger partial charge is 0.314 e. The Morgan fingerprint density at radius 2 is 2.38 bits per heavy atom. The molecule has 0 aromatic carbocycles. The predicted molar refractivity (Wildman–Crippen MR) is 58.9 cm³/mol. The first-order chi connectivity index (χ1) is 7.58. The van der Waals surface area contributed by atoms with Crippen LogP contribution in [-0.2, 0) is 4.74 Å². The van der Waals surface area contributed by atoms with Crippen LogP contribution in [0, 0.1) is 17.0 Å². The summed E-state index contributed by atoms with van der Waals surface area (Å²) in [6.07, 6.45) is 0. The molecule has 1 aromatic heterocycles. The van der Waals surface area contributed by atoms with E-state index < -0.39 is 4.92 Å². The van der Waals surface area contributed by atoms with Gasteiger partial charge in [-0.3, -0.25) is 10.1 Å². The van der Waals surface area contributed by atoms with Gasteiger partial charge in [0, 0.05) is 5.56 Å². The van der Waals surface area contributed by atoms with Gasteiger partial charge in [0.05, 0.1) is 24.2 Å². The van der Waals surface area contributed by atoms with Gasteiger partial charge in [-0.1, -0.05) is 11.6 Å². The molecule has 0 spiro atoms. The van der Waals surface area contributed by atoms with Gasteiger partial charge in [0.2, 0.25) is 5.82 Å². The molecule has 0 aliphatic carbocycles. The average molecular weight is 244 g/mol. The molecule has 6 nitrogen and oxygen atoms in total. The van der Waals surface area contributed by atoms with Gasteiger partial charge in [-0.2, -0.15) is 0 Å². The zero-order chi connectivity index (χ0) is 11.7. The summed E-state index contributed by atoms with van der Waals surface area (Å²) in [5.74, 6) is 0.211. The first-order valence-electron chi connectivity index (χ1n) is 4.73. The molecule has 1 aliphatic rings. The summed E-state index contributed by atoms with van der Waals surface area (Å²) in [4.78, 5) is 14.4. The lowest BCUT2D eigenvalue weighted by Crippen LogP contribution is -2.40. The van der Waals surface area contributed by atoms with Crippen molar-refractivity contribution in [2.24, 2.45) is 0 Å². The van der Waals surface area contributed by atoms with E-state index in [-0.39, 0.29) is 22.7 Å². The van der Waals surface area contributed by atoms with Gasteiger partial charge in [0.25, 0.3) is 0 Å². The first kappa shape index (κ1) is 11.1. The number of aryl methyl sites for hydroxylation is 1. The Bertz CT molecular complexity index is 434. The third-order valence-corrected chi connectivity index (χ3v) is 2.51. The molecule has 1 saturated heterocycles. The molecule has 1 aliphatic heterocycles. The van der Waals surface area contributed by atoms with Crippen molar-refractivity contribution in [3.63, 3.8) is 0 Å². The normalized spacial score (nSPS) is 15.6. The summed E-state index contributed by atoms with van der Waals surface area (Å²) in [5, 5.41) is 14.1. The van der Waals surface area contributed by atoms with Crippen molar-refractivity contribution in [2.45, 2.75) is 13.0 Å². The van der Waals surface area contributed by atoms with Crippen LogP contribution < -0.4 is 5.32 Å². The number of nitrogens with one attached hydrogen (secondary N) is 1. The zero-order valence-corrected chi connectivity index (χ0v) is 9.32. The van der Waals surface area contributed by atoms with Crippen LogP contribution in [0.1, 0.15) is 5.56 Å². The zero-order valence-electron chi connectivity index (χ0n) is 8.57. The number of hydrogen-bond acceptors (Lipinski definition) is 5. The number of anilines is 1. The van der Waals surface area contributed by atoms with Crippen LogP contribution >= 0.6 is 11.6 Å². The number of halogens is 1. The maximum absolute atomic E-state index is 10.9. The standard InChI is InChI=1S/C9H10ClN3O3/c1-5-2-7(10)12-9(8(5)13(14)15)11-6-3-16-4-6/h2,6H,3-4H2,1H3,(H,11,12). The molecule has 0 unspecified atom stereocenters. The largest absolute Gasteiger partial charge is 0.377 e. The predicted octanol–water partition coefficient (Wildman–Crippen LogP) is 1.76. The third-order valence-electron chi connectivity index (χ3n) is 2.31. The van der Waals surface area contributed by atoms with Gasteiger partial charge in [-0.05, 0) is 13.0 Å². The van der Waals surface area contributed by atoms with Gasteiger partial charge in [-0.25, -0.2) is 4.98 Å². The topological polar surface area (TPSA) is 77.3 Å². The van der Waals surface area contributed by atoms with Gasteiger partial charge in [-0.15, -0.1) is 0 Å². The summed E-state index contributed by atoms with van der Waals surface area (Å²) < 4.78 is 4.97. The van der Waals surface area contributed by atoms with Gasteiger partial charge < -0.3 is 10.1 Å². The molecule has 2 rings (SSSR count). The number of aromatic nitrogens is 1. The highest BCUT2D eigenvalue weighted by Gasteiger charge is 2.25. The molecular weight excluding hydrogens is 234 g/mol. The lowest BCUT2D eigenvalue weighted by atomic mass is 10.2. The lowest BCUT2D eigenvalue weighted by molar-refractivity contribution is -0.384. The van der Waals surface area contributed by atoms with E-state index >= 15 is 0 Å². The molecular formula is C9H10ClN3O3. The maximum Gasteiger partial charge on any atom is 0.314 e. The molecule has 0 saturated carbocycles. The number of ether oxygens (including phenoxy) is 1. The number of nitro groups is 1. The molecule has 1 N–H and O–H groups in total. The fraction of sp³-hybridized carbons (Fsp3) is 0.444. The number of rotatable bonds is 3. The second kappa shape index (κ2) is 4.23. The van der Waals surface area contributed by atoms with E-state index in [2.05, 4.69) is 10.3 Å². The molecule has 0 amide bonds. The fourth-order valence-electron chi connectivity index (χ4n) is 1.47. The number of pyridine rings is 1. The van der Waals surface area contributed by atoms with E-state index in [1.165, 1.54) is 6.07 Å². The van der Waals surface area contributed by atoms with Crippen LogP contribution in [0.4, 0.5) is 11.5 Å². The Morgan fingerprint density at radius 3 is 2.88 bits per heavy atom.